The average molecular weight is 257 g/mol. The molecule has 0 spiro atoms. The van der Waals surface area contributed by atoms with Crippen molar-refractivity contribution in [3.8, 4) is 5.75 Å². The van der Waals surface area contributed by atoms with E-state index in [1.165, 1.54) is 0 Å². The standard InChI is InChI=1S/C14H15N3O2/c1-8-11-12(16-15-8)14(18)17(2)13(11)9-5-4-6-10(7-9)19-3/h4-7,13H,1-3H3,(H,15,16)/t13-/m0/s1. The lowest BCUT2D eigenvalue weighted by molar-refractivity contribution is 0.0787. The number of rotatable bonds is 2. The number of nitrogens with zero attached hydrogens (tertiary/aromatic N) is 2. The number of hydrogen-bond donors (Lipinski definition) is 1. The van der Waals surface area contributed by atoms with Gasteiger partial charge in [0.15, 0.2) is 5.69 Å². The SMILES string of the molecule is COc1cccc([C@H]2c3c(n[nH]c3C)C(=O)N2C)c1. The summed E-state index contributed by atoms with van der Waals surface area (Å²) in [5.41, 5.74) is 3.44. The molecule has 3 rings (SSSR count). The van der Waals surface area contributed by atoms with Crippen LogP contribution in [0.2, 0.25) is 0 Å². The zero-order chi connectivity index (χ0) is 13.6. The number of methoxy groups -OCH3 is 1. The Labute approximate surface area is 111 Å². The van der Waals surface area contributed by atoms with Gasteiger partial charge >= 0.3 is 0 Å². The van der Waals surface area contributed by atoms with E-state index < -0.39 is 0 Å². The number of aromatic amines is 1. The Morgan fingerprint density at radius 1 is 1.42 bits per heavy atom. The van der Waals surface area contributed by atoms with Gasteiger partial charge in [-0.1, -0.05) is 12.1 Å². The van der Waals surface area contributed by atoms with Crippen molar-refractivity contribution in [2.75, 3.05) is 14.2 Å². The molecule has 1 aliphatic heterocycles. The van der Waals surface area contributed by atoms with Crippen molar-refractivity contribution in [3.05, 3.63) is 46.8 Å². The summed E-state index contributed by atoms with van der Waals surface area (Å²) in [5.74, 6) is 0.736. The summed E-state index contributed by atoms with van der Waals surface area (Å²) in [4.78, 5) is 13.9. The first-order valence-corrected chi connectivity index (χ1v) is 6.09. The summed E-state index contributed by atoms with van der Waals surface area (Å²) in [6, 6.07) is 7.67. The van der Waals surface area contributed by atoms with Crippen molar-refractivity contribution in [1.82, 2.24) is 15.1 Å². The van der Waals surface area contributed by atoms with Crippen molar-refractivity contribution in [1.29, 1.82) is 0 Å². The summed E-state index contributed by atoms with van der Waals surface area (Å²) < 4.78 is 5.25. The molecule has 5 heteroatoms. The molecule has 0 bridgehead atoms. The van der Waals surface area contributed by atoms with Gasteiger partial charge in [-0.15, -0.1) is 0 Å². The molecular weight excluding hydrogens is 242 g/mol. The van der Waals surface area contributed by atoms with Crippen LogP contribution in [0.15, 0.2) is 24.3 Å². The molecule has 1 aromatic carbocycles. The van der Waals surface area contributed by atoms with E-state index >= 15 is 0 Å². The van der Waals surface area contributed by atoms with Crippen LogP contribution in [-0.2, 0) is 0 Å². The number of H-pyrrole nitrogens is 1. The van der Waals surface area contributed by atoms with Crippen LogP contribution in [0.25, 0.3) is 0 Å². The molecule has 98 valence electrons. The van der Waals surface area contributed by atoms with E-state index in [1.807, 2.05) is 31.2 Å². The van der Waals surface area contributed by atoms with Crippen LogP contribution in [-0.4, -0.2) is 35.2 Å². The average Bonchev–Trinajstić information content (AvgIpc) is 2.91. The first kappa shape index (κ1) is 11.8. The molecule has 1 aromatic heterocycles. The predicted octanol–water partition coefficient (Wildman–Crippen LogP) is 1.90. The van der Waals surface area contributed by atoms with Gasteiger partial charge in [0.05, 0.1) is 13.2 Å². The highest BCUT2D eigenvalue weighted by molar-refractivity contribution is 5.98. The van der Waals surface area contributed by atoms with E-state index in [0.717, 1.165) is 22.6 Å². The highest BCUT2D eigenvalue weighted by Gasteiger charge is 2.39. The number of nitrogens with one attached hydrogen (secondary N) is 1. The second kappa shape index (κ2) is 4.12. The largest absolute Gasteiger partial charge is 0.497 e. The van der Waals surface area contributed by atoms with Crippen LogP contribution in [0.1, 0.15) is 33.4 Å². The van der Waals surface area contributed by atoms with Crippen LogP contribution in [0.3, 0.4) is 0 Å². The third kappa shape index (κ3) is 1.62. The van der Waals surface area contributed by atoms with Crippen molar-refractivity contribution < 1.29 is 9.53 Å². The van der Waals surface area contributed by atoms with E-state index in [0.29, 0.717) is 5.69 Å². The van der Waals surface area contributed by atoms with Gasteiger partial charge in [-0.3, -0.25) is 9.89 Å². The Bertz CT molecular complexity index is 648. The molecule has 0 radical (unpaired) electrons. The van der Waals surface area contributed by atoms with Gasteiger partial charge in [0.25, 0.3) is 5.91 Å². The normalized spacial score (nSPS) is 17.7. The molecule has 0 saturated heterocycles. The number of benzene rings is 1. The van der Waals surface area contributed by atoms with Crippen molar-refractivity contribution in [2.45, 2.75) is 13.0 Å². The molecule has 0 fully saturated rings. The number of hydrogen-bond acceptors (Lipinski definition) is 3. The molecule has 19 heavy (non-hydrogen) atoms. The fourth-order valence-corrected chi connectivity index (χ4v) is 2.62. The minimum atomic E-state index is -0.101. The molecule has 1 N–H and O–H groups in total. The Morgan fingerprint density at radius 2 is 2.21 bits per heavy atom. The smallest absolute Gasteiger partial charge is 0.275 e. The van der Waals surface area contributed by atoms with Crippen LogP contribution in [0.5, 0.6) is 5.75 Å². The second-order valence-corrected chi connectivity index (χ2v) is 4.71. The zero-order valence-corrected chi connectivity index (χ0v) is 11.1. The maximum atomic E-state index is 12.2. The maximum Gasteiger partial charge on any atom is 0.275 e. The van der Waals surface area contributed by atoms with Gasteiger partial charge in [-0.2, -0.15) is 5.10 Å². The number of fused-ring (bicyclic) bond motifs is 1. The maximum absolute atomic E-state index is 12.2. The van der Waals surface area contributed by atoms with E-state index in [-0.39, 0.29) is 11.9 Å². The number of amides is 1. The minimum absolute atomic E-state index is 0.0489. The van der Waals surface area contributed by atoms with Crippen molar-refractivity contribution >= 4 is 5.91 Å². The molecule has 0 saturated carbocycles. The summed E-state index contributed by atoms with van der Waals surface area (Å²) in [6.07, 6.45) is 0. The van der Waals surface area contributed by atoms with Crippen LogP contribution >= 0.6 is 0 Å². The van der Waals surface area contributed by atoms with E-state index in [2.05, 4.69) is 10.2 Å². The van der Waals surface area contributed by atoms with Gasteiger partial charge in [-0.05, 0) is 24.6 Å². The van der Waals surface area contributed by atoms with Gasteiger partial charge in [0.1, 0.15) is 5.75 Å². The summed E-state index contributed by atoms with van der Waals surface area (Å²) in [7, 11) is 3.44. The second-order valence-electron chi connectivity index (χ2n) is 4.71. The highest BCUT2D eigenvalue weighted by atomic mass is 16.5. The third-order valence-corrected chi connectivity index (χ3v) is 3.59. The number of carbonyl (C=O) groups is 1. The Hall–Kier alpha value is -2.30. The molecule has 2 aromatic rings. The molecule has 1 aliphatic rings. The van der Waals surface area contributed by atoms with Crippen LogP contribution in [0, 0.1) is 6.92 Å². The number of aryl methyl sites for hydroxylation is 1. The Morgan fingerprint density at radius 3 is 2.95 bits per heavy atom. The fourth-order valence-electron chi connectivity index (χ4n) is 2.62. The van der Waals surface area contributed by atoms with E-state index in [9.17, 15) is 4.79 Å². The predicted molar refractivity (Wildman–Crippen MR) is 70.3 cm³/mol. The number of aromatic nitrogens is 2. The highest BCUT2D eigenvalue weighted by Crippen LogP contribution is 2.38. The lowest BCUT2D eigenvalue weighted by Gasteiger charge is -2.22. The molecular formula is C14H15N3O2. The lowest BCUT2D eigenvalue weighted by Crippen LogP contribution is -2.24. The first-order chi connectivity index (χ1) is 9.13. The van der Waals surface area contributed by atoms with Gasteiger partial charge in [0, 0.05) is 18.3 Å². The first-order valence-electron chi connectivity index (χ1n) is 6.09. The molecule has 2 heterocycles. The van der Waals surface area contributed by atoms with Crippen molar-refractivity contribution in [2.24, 2.45) is 0 Å². The summed E-state index contributed by atoms with van der Waals surface area (Å²) in [6.45, 7) is 1.94. The third-order valence-electron chi connectivity index (χ3n) is 3.59. The van der Waals surface area contributed by atoms with E-state index in [4.69, 9.17) is 4.74 Å². The van der Waals surface area contributed by atoms with Crippen LogP contribution in [0.4, 0.5) is 0 Å². The topological polar surface area (TPSA) is 58.2 Å². The fraction of sp³-hybridized carbons (Fsp3) is 0.286. The molecule has 5 nitrogen and oxygen atoms in total. The number of carbonyl (C=O) groups excluding carboxylic acids is 1. The Kier molecular flexibility index (Phi) is 2.55. The van der Waals surface area contributed by atoms with Gasteiger partial charge in [-0.25, -0.2) is 0 Å². The molecule has 0 aliphatic carbocycles. The quantitative estimate of drug-likeness (QED) is 0.894. The monoisotopic (exact) mass is 257 g/mol. The van der Waals surface area contributed by atoms with Crippen LogP contribution < -0.4 is 4.74 Å². The van der Waals surface area contributed by atoms with Gasteiger partial charge < -0.3 is 9.64 Å². The minimum Gasteiger partial charge on any atom is -0.497 e. The number of ether oxygens (including phenoxy) is 1. The van der Waals surface area contributed by atoms with Crippen molar-refractivity contribution in [3.63, 3.8) is 0 Å². The molecule has 1 amide bonds. The zero-order valence-electron chi connectivity index (χ0n) is 11.1. The van der Waals surface area contributed by atoms with E-state index in [1.54, 1.807) is 19.1 Å². The Balaban J connectivity index is 2.14. The summed E-state index contributed by atoms with van der Waals surface area (Å²) >= 11 is 0. The molecule has 1 atom stereocenters. The van der Waals surface area contributed by atoms with Gasteiger partial charge in [0.2, 0.25) is 0 Å². The summed E-state index contributed by atoms with van der Waals surface area (Å²) in [5, 5.41) is 6.99. The molecule has 0 unspecified atom stereocenters. The lowest BCUT2D eigenvalue weighted by atomic mass is 9.99.